The lowest BCUT2D eigenvalue weighted by atomic mass is 10.1. The van der Waals surface area contributed by atoms with Crippen LogP contribution >= 0.6 is 11.8 Å². The molecule has 4 rings (SSSR count). The van der Waals surface area contributed by atoms with Crippen molar-refractivity contribution in [2.45, 2.75) is 37.6 Å². The van der Waals surface area contributed by atoms with E-state index in [0.29, 0.717) is 28.8 Å². The Balaban J connectivity index is 1.57. The molecule has 0 unspecified atom stereocenters. The van der Waals surface area contributed by atoms with Gasteiger partial charge >= 0.3 is 0 Å². The fraction of sp³-hybridized carbons (Fsp3) is 0.400. The highest BCUT2D eigenvalue weighted by Gasteiger charge is 2.34. The topological polar surface area (TPSA) is 84.3 Å². The van der Waals surface area contributed by atoms with Crippen molar-refractivity contribution < 1.29 is 9.59 Å². The van der Waals surface area contributed by atoms with E-state index in [1.54, 1.807) is 11.1 Å². The Kier molecular flexibility index (Phi) is 5.21. The summed E-state index contributed by atoms with van der Waals surface area (Å²) < 4.78 is 1.14. The maximum Gasteiger partial charge on any atom is 0.292 e. The van der Waals surface area contributed by atoms with E-state index in [2.05, 4.69) is 10.4 Å². The van der Waals surface area contributed by atoms with Gasteiger partial charge in [-0.1, -0.05) is 25.1 Å². The van der Waals surface area contributed by atoms with Gasteiger partial charge in [-0.2, -0.15) is 5.10 Å². The molecule has 1 saturated carbocycles. The molecule has 0 atom stereocenters. The second kappa shape index (κ2) is 7.79. The SMILES string of the molecule is CCc1ccccc1NC(=O)Cn1ncc2c(c1=O)N(CC1CC1)C(=O)CS2. The Morgan fingerprint density at radius 3 is 2.82 bits per heavy atom. The van der Waals surface area contributed by atoms with Crippen LogP contribution in [0.4, 0.5) is 11.4 Å². The summed E-state index contributed by atoms with van der Waals surface area (Å²) in [6.45, 7) is 2.39. The van der Waals surface area contributed by atoms with Gasteiger partial charge in [-0.3, -0.25) is 14.4 Å². The van der Waals surface area contributed by atoms with Gasteiger partial charge in [-0.15, -0.1) is 11.8 Å². The molecule has 1 fully saturated rings. The lowest BCUT2D eigenvalue weighted by Crippen LogP contribution is -2.43. The number of thioether (sulfide) groups is 1. The van der Waals surface area contributed by atoms with Gasteiger partial charge in [0.05, 0.1) is 16.8 Å². The van der Waals surface area contributed by atoms with Gasteiger partial charge in [0, 0.05) is 12.2 Å². The van der Waals surface area contributed by atoms with Gasteiger partial charge < -0.3 is 10.2 Å². The molecule has 1 aliphatic carbocycles. The molecule has 1 aromatic carbocycles. The number of hydrogen-bond donors (Lipinski definition) is 1. The van der Waals surface area contributed by atoms with Crippen molar-refractivity contribution >= 4 is 35.0 Å². The van der Waals surface area contributed by atoms with Gasteiger partial charge in [0.2, 0.25) is 11.8 Å². The van der Waals surface area contributed by atoms with Crippen molar-refractivity contribution in [1.29, 1.82) is 0 Å². The summed E-state index contributed by atoms with van der Waals surface area (Å²) >= 11 is 1.33. The first-order valence-corrected chi connectivity index (χ1v) is 10.5. The number of aromatic nitrogens is 2. The van der Waals surface area contributed by atoms with Crippen LogP contribution in [0.1, 0.15) is 25.3 Å². The van der Waals surface area contributed by atoms with Crippen LogP contribution in [0.2, 0.25) is 0 Å². The minimum absolute atomic E-state index is 0.0550. The highest BCUT2D eigenvalue weighted by atomic mass is 32.2. The number of amides is 2. The van der Waals surface area contributed by atoms with Crippen molar-refractivity contribution in [2.75, 3.05) is 22.5 Å². The van der Waals surface area contributed by atoms with E-state index in [1.165, 1.54) is 11.8 Å². The average molecular weight is 398 g/mol. The second-order valence-electron chi connectivity index (χ2n) is 7.12. The van der Waals surface area contributed by atoms with Crippen LogP contribution in [0.25, 0.3) is 0 Å². The first-order valence-electron chi connectivity index (χ1n) is 9.48. The predicted octanol–water partition coefficient (Wildman–Crippen LogP) is 2.29. The third-order valence-electron chi connectivity index (χ3n) is 5.01. The average Bonchev–Trinajstić information content (AvgIpc) is 3.51. The minimum Gasteiger partial charge on any atom is -0.324 e. The number of carbonyl (C=O) groups is 2. The first kappa shape index (κ1) is 18.7. The molecule has 0 saturated heterocycles. The Bertz CT molecular complexity index is 984. The number of nitrogens with one attached hydrogen (secondary N) is 1. The Morgan fingerprint density at radius 1 is 1.29 bits per heavy atom. The van der Waals surface area contributed by atoms with Crippen molar-refractivity contribution in [3.63, 3.8) is 0 Å². The molecule has 28 heavy (non-hydrogen) atoms. The number of nitrogens with zero attached hydrogens (tertiary/aromatic N) is 3. The summed E-state index contributed by atoms with van der Waals surface area (Å²) in [6.07, 6.45) is 4.56. The normalized spacial score (nSPS) is 16.0. The molecule has 1 aliphatic heterocycles. The number of anilines is 2. The molecule has 2 aliphatic rings. The lowest BCUT2D eigenvalue weighted by molar-refractivity contribution is -0.117. The Morgan fingerprint density at radius 2 is 2.07 bits per heavy atom. The van der Waals surface area contributed by atoms with E-state index in [9.17, 15) is 14.4 Å². The first-order chi connectivity index (χ1) is 13.6. The zero-order chi connectivity index (χ0) is 19.7. The number of benzene rings is 1. The van der Waals surface area contributed by atoms with Gasteiger partial charge in [-0.25, -0.2) is 4.68 Å². The monoisotopic (exact) mass is 398 g/mol. The number of rotatable bonds is 6. The highest BCUT2D eigenvalue weighted by Crippen LogP contribution is 2.36. The summed E-state index contributed by atoms with van der Waals surface area (Å²) in [5, 5.41) is 7.01. The van der Waals surface area contributed by atoms with Crippen molar-refractivity contribution in [3.8, 4) is 0 Å². The quantitative estimate of drug-likeness (QED) is 0.807. The van der Waals surface area contributed by atoms with E-state index in [4.69, 9.17) is 0 Å². The van der Waals surface area contributed by atoms with Crippen LogP contribution in [-0.2, 0) is 22.6 Å². The second-order valence-corrected chi connectivity index (χ2v) is 8.13. The molecule has 2 heterocycles. The van der Waals surface area contributed by atoms with Crippen LogP contribution < -0.4 is 15.8 Å². The zero-order valence-electron chi connectivity index (χ0n) is 15.7. The Labute approximate surface area is 167 Å². The number of fused-ring (bicyclic) bond motifs is 1. The summed E-state index contributed by atoms with van der Waals surface area (Å²) in [7, 11) is 0. The molecule has 7 nitrogen and oxygen atoms in total. The van der Waals surface area contributed by atoms with E-state index in [1.807, 2.05) is 31.2 Å². The standard InChI is InChI=1S/C20H22N4O3S/c1-2-14-5-3-4-6-15(14)22-17(25)11-24-20(27)19-16(9-21-24)28-12-18(26)23(19)10-13-7-8-13/h3-6,9,13H,2,7-8,10-12H2,1H3,(H,22,25). The molecule has 2 aromatic rings. The Hall–Kier alpha value is -2.61. The molecule has 1 N–H and O–H groups in total. The summed E-state index contributed by atoms with van der Waals surface area (Å²) in [6, 6.07) is 7.58. The van der Waals surface area contributed by atoms with Crippen LogP contribution in [-0.4, -0.2) is 33.9 Å². The van der Waals surface area contributed by atoms with Gasteiger partial charge in [0.1, 0.15) is 12.2 Å². The summed E-state index contributed by atoms with van der Waals surface area (Å²) in [4.78, 5) is 40.2. The van der Waals surface area contributed by atoms with E-state index < -0.39 is 5.56 Å². The molecular weight excluding hydrogens is 376 g/mol. The molecular formula is C20H22N4O3S. The number of para-hydroxylation sites is 1. The molecule has 1 aromatic heterocycles. The van der Waals surface area contributed by atoms with Crippen molar-refractivity contribution in [3.05, 3.63) is 46.4 Å². The lowest BCUT2D eigenvalue weighted by Gasteiger charge is -2.28. The molecule has 0 bridgehead atoms. The van der Waals surface area contributed by atoms with Crippen LogP contribution in [0.3, 0.4) is 0 Å². The van der Waals surface area contributed by atoms with Crippen LogP contribution in [0, 0.1) is 5.92 Å². The minimum atomic E-state index is -0.391. The van der Waals surface area contributed by atoms with E-state index >= 15 is 0 Å². The summed E-state index contributed by atoms with van der Waals surface area (Å²) in [5.41, 5.74) is 1.74. The largest absolute Gasteiger partial charge is 0.324 e. The van der Waals surface area contributed by atoms with Gasteiger partial charge in [0.15, 0.2) is 0 Å². The van der Waals surface area contributed by atoms with Crippen LogP contribution in [0.15, 0.2) is 40.2 Å². The molecule has 146 valence electrons. The molecule has 0 spiro atoms. The van der Waals surface area contributed by atoms with Crippen LogP contribution in [0.5, 0.6) is 0 Å². The highest BCUT2D eigenvalue weighted by molar-refractivity contribution is 8.00. The van der Waals surface area contributed by atoms with Gasteiger partial charge in [0.25, 0.3) is 5.56 Å². The van der Waals surface area contributed by atoms with E-state index in [-0.39, 0.29) is 18.4 Å². The molecule has 8 heteroatoms. The number of hydrogen-bond acceptors (Lipinski definition) is 5. The van der Waals surface area contributed by atoms with Gasteiger partial charge in [-0.05, 0) is 36.8 Å². The number of aryl methyl sites for hydroxylation is 1. The molecule has 2 amide bonds. The zero-order valence-corrected chi connectivity index (χ0v) is 16.5. The fourth-order valence-corrected chi connectivity index (χ4v) is 4.19. The number of carbonyl (C=O) groups excluding carboxylic acids is 2. The van der Waals surface area contributed by atoms with Crippen molar-refractivity contribution in [1.82, 2.24) is 9.78 Å². The smallest absolute Gasteiger partial charge is 0.292 e. The van der Waals surface area contributed by atoms with E-state index in [0.717, 1.165) is 35.2 Å². The summed E-state index contributed by atoms with van der Waals surface area (Å²) in [5.74, 6) is 0.411. The maximum atomic E-state index is 13.0. The third-order valence-corrected chi connectivity index (χ3v) is 6.01. The maximum absolute atomic E-state index is 13.0. The van der Waals surface area contributed by atoms with Crippen molar-refractivity contribution in [2.24, 2.45) is 5.92 Å². The molecule has 0 radical (unpaired) electrons. The third kappa shape index (κ3) is 3.82. The fourth-order valence-electron chi connectivity index (χ4n) is 3.30. The predicted molar refractivity (Wildman–Crippen MR) is 109 cm³/mol.